The number of furan rings is 1. The number of rotatable bonds is 5. The molecule has 3 heterocycles. The summed E-state index contributed by atoms with van der Waals surface area (Å²) in [6, 6.07) is 18.0. The van der Waals surface area contributed by atoms with Gasteiger partial charge in [0.25, 0.3) is 5.91 Å². The summed E-state index contributed by atoms with van der Waals surface area (Å²) in [4.78, 5) is 28.7. The van der Waals surface area contributed by atoms with Crippen LogP contribution in [0.2, 0.25) is 0 Å². The number of carbonyl (C=O) groups is 2. The predicted octanol–water partition coefficient (Wildman–Crippen LogP) is 4.98. The van der Waals surface area contributed by atoms with Crippen molar-refractivity contribution < 1.29 is 24.2 Å². The molecule has 0 fully saturated rings. The van der Waals surface area contributed by atoms with Gasteiger partial charge in [0.15, 0.2) is 11.5 Å². The minimum Gasteiger partial charge on any atom is -0.508 e. The van der Waals surface area contributed by atoms with E-state index in [1.54, 1.807) is 36.4 Å². The number of amides is 1. The topological polar surface area (TPSA) is 91.0 Å². The maximum atomic E-state index is 13.4. The molecule has 31 heavy (non-hydrogen) atoms. The van der Waals surface area contributed by atoms with E-state index >= 15 is 0 Å². The molecule has 154 valence electrons. The van der Waals surface area contributed by atoms with Gasteiger partial charge in [-0.25, -0.2) is 0 Å². The van der Waals surface area contributed by atoms with Crippen LogP contribution in [0.15, 0.2) is 87.9 Å². The second kappa shape index (κ2) is 7.45. The zero-order valence-electron chi connectivity index (χ0n) is 16.2. The summed E-state index contributed by atoms with van der Waals surface area (Å²) < 4.78 is 5.70. The first-order valence-corrected chi connectivity index (χ1v) is 10.5. The number of hydrogen-bond donors (Lipinski definition) is 2. The number of nitrogens with zero attached hydrogens (tertiary/aromatic N) is 1. The molecule has 6 nitrogen and oxygen atoms in total. The standard InChI is InChI=1S/C24H17NO5S/c26-17-9-3-2-8-16(17)21-20(22(27)19-12-14-6-1-4-10-18(14)30-19)23(28)24(29)25(21)13-15-7-5-11-31-15/h1-12,21,26,28H,13H2. The van der Waals surface area contributed by atoms with Crippen molar-refractivity contribution in [3.63, 3.8) is 0 Å². The van der Waals surface area contributed by atoms with E-state index in [2.05, 4.69) is 0 Å². The molecule has 1 amide bonds. The number of thiophene rings is 1. The summed E-state index contributed by atoms with van der Waals surface area (Å²) in [6.45, 7) is 0.191. The van der Waals surface area contributed by atoms with Crippen molar-refractivity contribution in [3.8, 4) is 5.75 Å². The number of hydrogen-bond acceptors (Lipinski definition) is 6. The quantitative estimate of drug-likeness (QED) is 0.435. The minimum absolute atomic E-state index is 0.0222. The van der Waals surface area contributed by atoms with E-state index in [9.17, 15) is 19.8 Å². The van der Waals surface area contributed by atoms with Crippen molar-refractivity contribution in [2.45, 2.75) is 12.6 Å². The van der Waals surface area contributed by atoms with Crippen molar-refractivity contribution in [2.75, 3.05) is 0 Å². The van der Waals surface area contributed by atoms with Gasteiger partial charge >= 0.3 is 0 Å². The Labute approximate surface area is 181 Å². The number of phenolic OH excluding ortho intramolecular Hbond substituents is 1. The van der Waals surface area contributed by atoms with Crippen LogP contribution < -0.4 is 0 Å². The summed E-state index contributed by atoms with van der Waals surface area (Å²) in [7, 11) is 0. The number of para-hydroxylation sites is 2. The number of aliphatic hydroxyl groups excluding tert-OH is 1. The molecule has 2 aromatic heterocycles. The smallest absolute Gasteiger partial charge is 0.290 e. The highest BCUT2D eigenvalue weighted by Gasteiger charge is 2.45. The Balaban J connectivity index is 1.63. The lowest BCUT2D eigenvalue weighted by molar-refractivity contribution is -0.130. The van der Waals surface area contributed by atoms with Crippen molar-refractivity contribution >= 4 is 34.0 Å². The molecule has 7 heteroatoms. The van der Waals surface area contributed by atoms with Gasteiger partial charge in [-0.15, -0.1) is 11.3 Å². The Kier molecular flexibility index (Phi) is 4.60. The normalized spacial score (nSPS) is 16.5. The number of aliphatic hydroxyl groups is 1. The molecular weight excluding hydrogens is 414 g/mol. The highest BCUT2D eigenvalue weighted by atomic mass is 32.1. The molecule has 0 spiro atoms. The predicted molar refractivity (Wildman–Crippen MR) is 116 cm³/mol. The van der Waals surface area contributed by atoms with E-state index in [1.165, 1.54) is 22.3 Å². The van der Waals surface area contributed by atoms with Crippen molar-refractivity contribution in [2.24, 2.45) is 0 Å². The Morgan fingerprint density at radius 2 is 1.81 bits per heavy atom. The Morgan fingerprint density at radius 1 is 1.03 bits per heavy atom. The van der Waals surface area contributed by atoms with Crippen LogP contribution in [-0.4, -0.2) is 26.8 Å². The number of benzene rings is 2. The number of Topliss-reactive ketones (excluding diaryl/α,β-unsaturated/α-hetero) is 1. The average molecular weight is 431 g/mol. The first kappa shape index (κ1) is 19.1. The molecule has 0 saturated heterocycles. The third kappa shape index (κ3) is 3.19. The summed E-state index contributed by atoms with van der Waals surface area (Å²) in [5.74, 6) is -1.93. The SMILES string of the molecule is O=C(C1=C(O)C(=O)N(Cc2cccs2)C1c1ccccc1O)c1cc2ccccc2o1. The van der Waals surface area contributed by atoms with Gasteiger partial charge < -0.3 is 19.5 Å². The number of fused-ring (bicyclic) bond motifs is 1. The summed E-state index contributed by atoms with van der Waals surface area (Å²) >= 11 is 1.46. The maximum absolute atomic E-state index is 13.4. The van der Waals surface area contributed by atoms with E-state index in [0.717, 1.165) is 10.3 Å². The highest BCUT2D eigenvalue weighted by Crippen LogP contribution is 2.43. The highest BCUT2D eigenvalue weighted by molar-refractivity contribution is 7.09. The lowest BCUT2D eigenvalue weighted by atomic mass is 9.94. The lowest BCUT2D eigenvalue weighted by Gasteiger charge is -2.26. The number of aromatic hydroxyl groups is 1. The molecule has 0 saturated carbocycles. The van der Waals surface area contributed by atoms with Gasteiger partial charge in [-0.1, -0.05) is 42.5 Å². The van der Waals surface area contributed by atoms with Gasteiger partial charge in [-0.05, 0) is 29.6 Å². The van der Waals surface area contributed by atoms with Gasteiger partial charge in [0.05, 0.1) is 18.2 Å². The van der Waals surface area contributed by atoms with Crippen molar-refractivity contribution in [1.29, 1.82) is 0 Å². The first-order chi connectivity index (χ1) is 15.0. The zero-order chi connectivity index (χ0) is 21.5. The van der Waals surface area contributed by atoms with Crippen LogP contribution >= 0.6 is 11.3 Å². The zero-order valence-corrected chi connectivity index (χ0v) is 17.0. The van der Waals surface area contributed by atoms with Gasteiger partial charge in [0, 0.05) is 15.8 Å². The van der Waals surface area contributed by atoms with E-state index in [4.69, 9.17) is 4.42 Å². The third-order valence-corrected chi connectivity index (χ3v) is 6.20. The van der Waals surface area contributed by atoms with Crippen molar-refractivity contribution in [1.82, 2.24) is 4.90 Å². The van der Waals surface area contributed by atoms with Crippen LogP contribution in [0.1, 0.15) is 27.0 Å². The molecule has 5 rings (SSSR count). The summed E-state index contributed by atoms with van der Waals surface area (Å²) in [5, 5.41) is 23.9. The Hall–Kier alpha value is -3.84. The van der Waals surface area contributed by atoms with Gasteiger partial charge in [0.2, 0.25) is 5.78 Å². The third-order valence-electron chi connectivity index (χ3n) is 5.34. The van der Waals surface area contributed by atoms with Crippen LogP contribution in [0, 0.1) is 0 Å². The molecule has 1 unspecified atom stereocenters. The molecular formula is C24H17NO5S. The average Bonchev–Trinajstić information content (AvgIpc) is 3.49. The number of phenols is 1. The largest absolute Gasteiger partial charge is 0.508 e. The fourth-order valence-corrected chi connectivity index (χ4v) is 4.59. The molecule has 1 aliphatic rings. The Bertz CT molecular complexity index is 1300. The van der Waals surface area contributed by atoms with Crippen LogP contribution in [0.5, 0.6) is 5.75 Å². The molecule has 0 aliphatic carbocycles. The Morgan fingerprint density at radius 3 is 2.55 bits per heavy atom. The molecule has 0 radical (unpaired) electrons. The molecule has 1 aliphatic heterocycles. The van der Waals surface area contributed by atoms with E-state index in [1.807, 2.05) is 29.6 Å². The fraction of sp³-hybridized carbons (Fsp3) is 0.0833. The second-order valence-corrected chi connectivity index (χ2v) is 8.25. The number of ketones is 1. The molecule has 1 atom stereocenters. The number of carbonyl (C=O) groups excluding carboxylic acids is 2. The van der Waals surface area contributed by atoms with Gasteiger partial charge in [-0.3, -0.25) is 9.59 Å². The van der Waals surface area contributed by atoms with Gasteiger partial charge in [0.1, 0.15) is 11.3 Å². The summed E-state index contributed by atoms with van der Waals surface area (Å²) in [6.07, 6.45) is 0. The van der Waals surface area contributed by atoms with E-state index in [-0.39, 0.29) is 23.6 Å². The van der Waals surface area contributed by atoms with E-state index < -0.39 is 23.5 Å². The van der Waals surface area contributed by atoms with Crippen LogP contribution in [-0.2, 0) is 11.3 Å². The van der Waals surface area contributed by atoms with Gasteiger partial charge in [-0.2, -0.15) is 0 Å². The van der Waals surface area contributed by atoms with Crippen LogP contribution in [0.25, 0.3) is 11.0 Å². The molecule has 4 aromatic rings. The lowest BCUT2D eigenvalue weighted by Crippen LogP contribution is -2.30. The van der Waals surface area contributed by atoms with Crippen LogP contribution in [0.4, 0.5) is 0 Å². The molecule has 0 bridgehead atoms. The maximum Gasteiger partial charge on any atom is 0.290 e. The molecule has 2 aromatic carbocycles. The van der Waals surface area contributed by atoms with Crippen molar-refractivity contribution in [3.05, 3.63) is 99.6 Å². The van der Waals surface area contributed by atoms with E-state index in [0.29, 0.717) is 11.1 Å². The summed E-state index contributed by atoms with van der Waals surface area (Å²) in [5.41, 5.74) is 0.780. The second-order valence-electron chi connectivity index (χ2n) is 7.21. The monoisotopic (exact) mass is 431 g/mol. The van der Waals surface area contributed by atoms with Crippen LogP contribution in [0.3, 0.4) is 0 Å². The fourth-order valence-electron chi connectivity index (χ4n) is 3.89. The first-order valence-electron chi connectivity index (χ1n) is 9.62. The molecule has 2 N–H and O–H groups in total. The minimum atomic E-state index is -0.948.